The number of carbonyl (C=O) groups excluding carboxylic acids is 1. The van der Waals surface area contributed by atoms with Gasteiger partial charge in [0, 0.05) is 11.6 Å². The number of aromatic nitrogens is 3. The van der Waals surface area contributed by atoms with Gasteiger partial charge in [0.15, 0.2) is 11.5 Å². The van der Waals surface area contributed by atoms with E-state index in [9.17, 15) is 10.1 Å². The highest BCUT2D eigenvalue weighted by atomic mass is 79.9. The van der Waals surface area contributed by atoms with Crippen molar-refractivity contribution in [2.45, 2.75) is 18.3 Å². The topological polar surface area (TPSA) is 96.1 Å². The molecule has 0 radical (unpaired) electrons. The van der Waals surface area contributed by atoms with Crippen LogP contribution < -0.4 is 10.2 Å². The quantitative estimate of drug-likeness (QED) is 0.676. The second-order valence-corrected chi connectivity index (χ2v) is 7.91. The Labute approximate surface area is 182 Å². The van der Waals surface area contributed by atoms with Crippen molar-refractivity contribution in [1.82, 2.24) is 25.4 Å². The number of methoxy groups -OCH3 is 1. The molecule has 0 spiro atoms. The van der Waals surface area contributed by atoms with Gasteiger partial charge in [0.25, 0.3) is 0 Å². The molecular weight excluding hydrogens is 448 g/mol. The van der Waals surface area contributed by atoms with Crippen molar-refractivity contribution >= 4 is 21.7 Å². The summed E-state index contributed by atoms with van der Waals surface area (Å²) in [7, 11) is 1.60. The minimum absolute atomic E-state index is 0.0121. The number of nitriles is 1. The summed E-state index contributed by atoms with van der Waals surface area (Å²) in [4.78, 5) is 11.8. The van der Waals surface area contributed by atoms with Gasteiger partial charge < -0.3 is 10.2 Å². The van der Waals surface area contributed by atoms with Gasteiger partial charge in [0.2, 0.25) is 0 Å². The molecular formula is C21H19BrN6O2. The molecule has 2 aliphatic rings. The SMILES string of the molecule is COc1ccc(-c2nnn(CC3=CCN(C4=CC(=O)C(Br)C=C4C)N3)c2C#N)cc1. The molecule has 2 heterocycles. The average Bonchev–Trinajstić information content (AvgIpc) is 3.38. The van der Waals surface area contributed by atoms with Crippen LogP contribution in [-0.2, 0) is 11.3 Å². The normalized spacial score (nSPS) is 18.3. The van der Waals surface area contributed by atoms with Gasteiger partial charge in [-0.1, -0.05) is 27.2 Å². The molecule has 30 heavy (non-hydrogen) atoms. The van der Waals surface area contributed by atoms with Gasteiger partial charge in [-0.2, -0.15) is 5.26 Å². The Kier molecular flexibility index (Phi) is 5.42. The lowest BCUT2D eigenvalue weighted by Crippen LogP contribution is -2.35. The molecule has 9 heteroatoms. The highest BCUT2D eigenvalue weighted by Gasteiger charge is 2.25. The number of hydrogen-bond acceptors (Lipinski definition) is 7. The zero-order valence-corrected chi connectivity index (χ0v) is 18.0. The van der Waals surface area contributed by atoms with Crippen molar-refractivity contribution in [2.75, 3.05) is 13.7 Å². The van der Waals surface area contributed by atoms with E-state index in [1.807, 2.05) is 48.4 Å². The molecule has 1 aliphatic carbocycles. The van der Waals surface area contributed by atoms with Gasteiger partial charge in [-0.05, 0) is 42.8 Å². The van der Waals surface area contributed by atoms with Crippen LogP contribution in [-0.4, -0.2) is 44.3 Å². The highest BCUT2D eigenvalue weighted by Crippen LogP contribution is 2.26. The van der Waals surface area contributed by atoms with E-state index < -0.39 is 0 Å². The Morgan fingerprint density at radius 3 is 2.83 bits per heavy atom. The average molecular weight is 467 g/mol. The predicted octanol–water partition coefficient (Wildman–Crippen LogP) is 2.71. The third-order valence-corrected chi connectivity index (χ3v) is 5.68. The number of hydrazine groups is 1. The first-order valence-corrected chi connectivity index (χ1v) is 10.2. The summed E-state index contributed by atoms with van der Waals surface area (Å²) in [6.45, 7) is 2.95. The summed E-state index contributed by atoms with van der Waals surface area (Å²) >= 11 is 3.35. The van der Waals surface area contributed by atoms with Crippen LogP contribution in [0.1, 0.15) is 12.6 Å². The summed E-state index contributed by atoms with van der Waals surface area (Å²) in [5.74, 6) is 0.745. The maximum absolute atomic E-state index is 12.0. The fourth-order valence-corrected chi connectivity index (χ4v) is 3.90. The maximum Gasteiger partial charge on any atom is 0.175 e. The summed E-state index contributed by atoms with van der Waals surface area (Å²) in [5, 5.41) is 20.0. The number of ketones is 1. The van der Waals surface area contributed by atoms with Crippen LogP contribution in [0.5, 0.6) is 5.75 Å². The Morgan fingerprint density at radius 2 is 2.13 bits per heavy atom. The fourth-order valence-electron chi connectivity index (χ4n) is 3.37. The van der Waals surface area contributed by atoms with Crippen LogP contribution in [0, 0.1) is 11.3 Å². The van der Waals surface area contributed by atoms with Crippen molar-refractivity contribution in [3.05, 3.63) is 65.2 Å². The van der Waals surface area contributed by atoms with Crippen LogP contribution in [0.4, 0.5) is 0 Å². The predicted molar refractivity (Wildman–Crippen MR) is 114 cm³/mol. The lowest BCUT2D eigenvalue weighted by Gasteiger charge is -2.26. The monoisotopic (exact) mass is 466 g/mol. The molecule has 0 fully saturated rings. The molecule has 2 aromatic rings. The second kappa shape index (κ2) is 8.16. The molecule has 1 aromatic heterocycles. The zero-order valence-electron chi connectivity index (χ0n) is 16.5. The molecule has 0 saturated carbocycles. The summed E-state index contributed by atoms with van der Waals surface area (Å²) < 4.78 is 6.75. The van der Waals surface area contributed by atoms with Gasteiger partial charge in [-0.3, -0.25) is 9.80 Å². The van der Waals surface area contributed by atoms with Crippen LogP contribution in [0.3, 0.4) is 0 Å². The maximum atomic E-state index is 12.0. The number of hydrogen-bond donors (Lipinski definition) is 1. The number of nitrogens with zero attached hydrogens (tertiary/aromatic N) is 5. The summed E-state index contributed by atoms with van der Waals surface area (Å²) in [6.07, 6.45) is 5.54. The zero-order chi connectivity index (χ0) is 21.3. The van der Waals surface area contributed by atoms with Gasteiger partial charge in [0.05, 0.1) is 36.4 Å². The first-order chi connectivity index (χ1) is 14.5. The molecule has 0 saturated heterocycles. The number of allylic oxidation sites excluding steroid dienone is 4. The van der Waals surface area contributed by atoms with E-state index in [0.29, 0.717) is 24.5 Å². The number of nitrogens with one attached hydrogen (secondary N) is 1. The van der Waals surface area contributed by atoms with Crippen molar-refractivity contribution in [3.8, 4) is 23.1 Å². The van der Waals surface area contributed by atoms with Crippen LogP contribution in [0.2, 0.25) is 0 Å². The van der Waals surface area contributed by atoms with E-state index in [1.165, 1.54) is 0 Å². The number of rotatable bonds is 5. The minimum atomic E-state index is -0.277. The Morgan fingerprint density at radius 1 is 1.37 bits per heavy atom. The number of carbonyl (C=O) groups is 1. The Hall–Kier alpha value is -3.38. The van der Waals surface area contributed by atoms with E-state index in [0.717, 1.165) is 28.3 Å². The lowest BCUT2D eigenvalue weighted by molar-refractivity contribution is -0.113. The van der Waals surface area contributed by atoms with Crippen LogP contribution >= 0.6 is 15.9 Å². The fraction of sp³-hybridized carbons (Fsp3) is 0.238. The second-order valence-electron chi connectivity index (χ2n) is 6.92. The van der Waals surface area contributed by atoms with Gasteiger partial charge in [0.1, 0.15) is 17.5 Å². The van der Waals surface area contributed by atoms with E-state index in [1.54, 1.807) is 17.9 Å². The molecule has 0 bridgehead atoms. The smallest absolute Gasteiger partial charge is 0.175 e. The Balaban J connectivity index is 1.50. The lowest BCUT2D eigenvalue weighted by atomic mass is 10.0. The first-order valence-electron chi connectivity index (χ1n) is 9.30. The summed E-state index contributed by atoms with van der Waals surface area (Å²) in [6, 6.07) is 9.54. The molecule has 0 amide bonds. The molecule has 1 aromatic carbocycles. The van der Waals surface area contributed by atoms with Gasteiger partial charge in [-0.15, -0.1) is 5.10 Å². The number of halogens is 1. The highest BCUT2D eigenvalue weighted by molar-refractivity contribution is 9.10. The van der Waals surface area contributed by atoms with Crippen molar-refractivity contribution in [2.24, 2.45) is 0 Å². The van der Waals surface area contributed by atoms with Crippen molar-refractivity contribution < 1.29 is 9.53 Å². The van der Waals surface area contributed by atoms with Crippen molar-refractivity contribution in [3.63, 3.8) is 0 Å². The molecule has 1 N–H and O–H groups in total. The largest absolute Gasteiger partial charge is 0.497 e. The molecule has 1 unspecified atom stereocenters. The van der Waals surface area contributed by atoms with Gasteiger partial charge in [-0.25, -0.2) is 4.68 Å². The standard InChI is InChI=1S/C21H19BrN6O2/c1-13-9-17(22)20(29)10-18(13)27-8-7-15(25-27)12-28-19(11-23)21(24-26-28)14-3-5-16(30-2)6-4-14/h3-7,9-10,17,25H,8,12H2,1-2H3. The summed E-state index contributed by atoms with van der Waals surface area (Å²) in [5.41, 5.74) is 7.72. The molecule has 8 nitrogen and oxygen atoms in total. The van der Waals surface area contributed by atoms with E-state index in [-0.39, 0.29) is 10.6 Å². The number of ether oxygens (including phenoxy) is 1. The third-order valence-electron chi connectivity index (χ3n) is 4.97. The van der Waals surface area contributed by atoms with Crippen LogP contribution in [0.25, 0.3) is 11.3 Å². The molecule has 152 valence electrons. The number of benzene rings is 1. The van der Waals surface area contributed by atoms with E-state index in [4.69, 9.17) is 4.74 Å². The molecule has 1 atom stereocenters. The number of alkyl halides is 1. The van der Waals surface area contributed by atoms with Crippen molar-refractivity contribution in [1.29, 1.82) is 5.26 Å². The third kappa shape index (κ3) is 3.74. The van der Waals surface area contributed by atoms with E-state index >= 15 is 0 Å². The van der Waals surface area contributed by atoms with Gasteiger partial charge >= 0.3 is 0 Å². The first kappa shape index (κ1) is 19.9. The molecule has 1 aliphatic heterocycles. The van der Waals surface area contributed by atoms with Crippen LogP contribution in [0.15, 0.2) is 59.5 Å². The molecule has 4 rings (SSSR count). The Bertz CT molecular complexity index is 1120. The minimum Gasteiger partial charge on any atom is -0.497 e. The van der Waals surface area contributed by atoms with E-state index in [2.05, 4.69) is 37.7 Å².